The van der Waals surface area contributed by atoms with Crippen molar-refractivity contribution in [3.63, 3.8) is 0 Å². The van der Waals surface area contributed by atoms with Crippen LogP contribution in [0.4, 0.5) is 0 Å². The summed E-state index contributed by atoms with van der Waals surface area (Å²) >= 11 is 0. The highest BCUT2D eigenvalue weighted by atomic mass is 14.3. The molecule has 3 aliphatic carbocycles. The lowest BCUT2D eigenvalue weighted by atomic mass is 9.71. The lowest BCUT2D eigenvalue weighted by molar-refractivity contribution is 0.225. The summed E-state index contributed by atoms with van der Waals surface area (Å²) in [6, 6.07) is 9.70. The molecule has 0 N–H and O–H groups in total. The first-order valence-electron chi connectivity index (χ1n) is 11.6. The third kappa shape index (κ3) is 4.58. The van der Waals surface area contributed by atoms with Crippen LogP contribution in [0.5, 0.6) is 0 Å². The molecule has 0 nitrogen and oxygen atoms in total. The molecule has 1 aromatic rings. The summed E-state index contributed by atoms with van der Waals surface area (Å²) in [6.07, 6.45) is 21.2. The quantitative estimate of drug-likeness (QED) is 0.476. The fourth-order valence-electron chi connectivity index (χ4n) is 5.93. The van der Waals surface area contributed by atoms with Crippen molar-refractivity contribution in [3.05, 3.63) is 60.2 Å². The highest BCUT2D eigenvalue weighted by Gasteiger charge is 2.27. The van der Waals surface area contributed by atoms with E-state index in [1.54, 1.807) is 5.56 Å². The second kappa shape index (κ2) is 8.80. The van der Waals surface area contributed by atoms with Gasteiger partial charge in [-0.3, -0.25) is 0 Å². The van der Waals surface area contributed by atoms with E-state index in [9.17, 15) is 0 Å². The maximum atomic E-state index is 3.98. The lowest BCUT2D eigenvalue weighted by Crippen LogP contribution is -2.22. The third-order valence-electron chi connectivity index (χ3n) is 8.01. The molecule has 27 heavy (non-hydrogen) atoms. The normalized spacial score (nSPS) is 37.1. The first-order chi connectivity index (χ1) is 13.2. The molecule has 2 saturated carbocycles. The smallest absolute Gasteiger partial charge is 0.00182 e. The number of rotatable bonds is 4. The van der Waals surface area contributed by atoms with Gasteiger partial charge >= 0.3 is 0 Å². The molecule has 4 rings (SSSR count). The second-order valence-electron chi connectivity index (χ2n) is 9.77. The molecule has 0 amide bonds. The van der Waals surface area contributed by atoms with Crippen molar-refractivity contribution in [1.29, 1.82) is 0 Å². The van der Waals surface area contributed by atoms with Crippen molar-refractivity contribution in [3.8, 4) is 0 Å². The maximum absolute atomic E-state index is 3.98. The van der Waals surface area contributed by atoms with E-state index in [0.29, 0.717) is 5.92 Å². The molecule has 0 heterocycles. The molecule has 1 aromatic carbocycles. The molecule has 2 atom stereocenters. The van der Waals surface area contributed by atoms with Gasteiger partial charge in [-0.1, -0.05) is 62.3 Å². The van der Waals surface area contributed by atoms with Crippen LogP contribution in [-0.4, -0.2) is 0 Å². The summed E-state index contributed by atoms with van der Waals surface area (Å²) in [7, 11) is 0. The fraction of sp³-hybridized carbons (Fsp3) is 0.630. The summed E-state index contributed by atoms with van der Waals surface area (Å²) in [6.45, 7) is 6.41. The van der Waals surface area contributed by atoms with Crippen LogP contribution in [0.15, 0.2) is 49.1 Å². The Morgan fingerprint density at radius 3 is 2.00 bits per heavy atom. The van der Waals surface area contributed by atoms with Gasteiger partial charge in [0.15, 0.2) is 0 Å². The molecule has 0 heteroatoms. The molecule has 0 spiro atoms. The van der Waals surface area contributed by atoms with Gasteiger partial charge in [-0.25, -0.2) is 0 Å². The molecule has 0 bridgehead atoms. The number of allylic oxidation sites excluding steroid dienone is 3. The van der Waals surface area contributed by atoms with Gasteiger partial charge in [0.05, 0.1) is 0 Å². The average Bonchev–Trinajstić information content (AvgIpc) is 2.75. The van der Waals surface area contributed by atoms with Gasteiger partial charge in [0.1, 0.15) is 0 Å². The Kier molecular flexibility index (Phi) is 6.21. The Bertz CT molecular complexity index is 621. The maximum Gasteiger partial charge on any atom is 0.00182 e. The van der Waals surface area contributed by atoms with E-state index in [0.717, 1.165) is 29.6 Å². The predicted molar refractivity (Wildman–Crippen MR) is 117 cm³/mol. The fourth-order valence-corrected chi connectivity index (χ4v) is 5.93. The lowest BCUT2D eigenvalue weighted by Gasteiger charge is -2.34. The Balaban J connectivity index is 1.33. The summed E-state index contributed by atoms with van der Waals surface area (Å²) in [4.78, 5) is 0. The van der Waals surface area contributed by atoms with E-state index in [1.165, 1.54) is 69.8 Å². The SMILES string of the molecule is C=CC1CCC(c2ccc(C3C=CC(C4CCC(C)CC4)CC3)cc2)CC1. The van der Waals surface area contributed by atoms with Crippen molar-refractivity contribution in [2.45, 2.75) is 83.0 Å². The Morgan fingerprint density at radius 2 is 1.41 bits per heavy atom. The Hall–Kier alpha value is -1.30. The Labute approximate surface area is 167 Å². The zero-order chi connectivity index (χ0) is 18.6. The van der Waals surface area contributed by atoms with Gasteiger partial charge in [0.2, 0.25) is 0 Å². The molecule has 2 unspecified atom stereocenters. The van der Waals surface area contributed by atoms with E-state index < -0.39 is 0 Å². The van der Waals surface area contributed by atoms with Crippen molar-refractivity contribution in [2.75, 3.05) is 0 Å². The van der Waals surface area contributed by atoms with Crippen LogP contribution in [0.3, 0.4) is 0 Å². The molecule has 0 saturated heterocycles. The zero-order valence-corrected chi connectivity index (χ0v) is 17.3. The van der Waals surface area contributed by atoms with Crippen molar-refractivity contribution in [2.24, 2.45) is 23.7 Å². The summed E-state index contributed by atoms with van der Waals surface area (Å²) in [5.41, 5.74) is 3.10. The minimum Gasteiger partial charge on any atom is -0.103 e. The second-order valence-corrected chi connectivity index (χ2v) is 9.77. The highest BCUT2D eigenvalue weighted by Crippen LogP contribution is 2.41. The van der Waals surface area contributed by atoms with Crippen LogP contribution in [0.2, 0.25) is 0 Å². The van der Waals surface area contributed by atoms with Crippen LogP contribution in [0, 0.1) is 23.7 Å². The molecule has 2 fully saturated rings. The van der Waals surface area contributed by atoms with Crippen molar-refractivity contribution in [1.82, 2.24) is 0 Å². The van der Waals surface area contributed by atoms with Crippen molar-refractivity contribution < 1.29 is 0 Å². The number of hydrogen-bond acceptors (Lipinski definition) is 0. The van der Waals surface area contributed by atoms with E-state index >= 15 is 0 Å². The van der Waals surface area contributed by atoms with Crippen LogP contribution >= 0.6 is 0 Å². The molecule has 146 valence electrons. The molecule has 3 aliphatic rings. The molecule has 0 aromatic heterocycles. The third-order valence-corrected chi connectivity index (χ3v) is 8.01. The van der Waals surface area contributed by atoms with Gasteiger partial charge in [0, 0.05) is 5.92 Å². The van der Waals surface area contributed by atoms with Crippen LogP contribution in [-0.2, 0) is 0 Å². The summed E-state index contributed by atoms with van der Waals surface area (Å²) in [5, 5.41) is 0. The number of benzene rings is 1. The van der Waals surface area contributed by atoms with Crippen LogP contribution < -0.4 is 0 Å². The summed E-state index contributed by atoms with van der Waals surface area (Å²) in [5.74, 6) is 4.96. The number of hydrogen-bond donors (Lipinski definition) is 0. The van der Waals surface area contributed by atoms with E-state index in [-0.39, 0.29) is 0 Å². The first kappa shape index (κ1) is 19.0. The van der Waals surface area contributed by atoms with Gasteiger partial charge < -0.3 is 0 Å². The van der Waals surface area contributed by atoms with Gasteiger partial charge in [-0.2, -0.15) is 0 Å². The standard InChI is InChI=1S/C27H38/c1-3-21-6-10-23(11-7-21)25-14-18-27(19-15-25)26-16-12-24(13-17-26)22-8-4-20(2)5-9-22/h3,12,14-16,18-24,26H,1,4-11,13,17H2,2H3. The van der Waals surface area contributed by atoms with Gasteiger partial charge in [-0.15, -0.1) is 6.58 Å². The van der Waals surface area contributed by atoms with Gasteiger partial charge in [-0.05, 0) is 92.1 Å². The minimum absolute atomic E-state index is 0.648. The molecule has 0 radical (unpaired) electrons. The Morgan fingerprint density at radius 1 is 0.741 bits per heavy atom. The average molecular weight is 363 g/mol. The highest BCUT2D eigenvalue weighted by molar-refractivity contribution is 5.31. The topological polar surface area (TPSA) is 0 Å². The molecule has 0 aliphatic heterocycles. The zero-order valence-electron chi connectivity index (χ0n) is 17.3. The minimum atomic E-state index is 0.648. The molecular formula is C27H38. The monoisotopic (exact) mass is 362 g/mol. The largest absolute Gasteiger partial charge is 0.103 e. The van der Waals surface area contributed by atoms with Crippen molar-refractivity contribution >= 4 is 0 Å². The molecular weight excluding hydrogens is 324 g/mol. The first-order valence-corrected chi connectivity index (χ1v) is 11.6. The van der Waals surface area contributed by atoms with Gasteiger partial charge in [0.25, 0.3) is 0 Å². The van der Waals surface area contributed by atoms with E-state index in [2.05, 4.69) is 56.0 Å². The summed E-state index contributed by atoms with van der Waals surface area (Å²) < 4.78 is 0. The van der Waals surface area contributed by atoms with Crippen LogP contribution in [0.1, 0.15) is 94.1 Å². The van der Waals surface area contributed by atoms with E-state index in [4.69, 9.17) is 0 Å². The van der Waals surface area contributed by atoms with E-state index in [1.807, 2.05) is 0 Å². The van der Waals surface area contributed by atoms with Crippen LogP contribution in [0.25, 0.3) is 0 Å². The predicted octanol–water partition coefficient (Wildman–Crippen LogP) is 8.02.